The van der Waals surface area contributed by atoms with Gasteiger partial charge in [0.05, 0.1) is 0 Å². The molecule has 0 spiro atoms. The standard InChI is InChI=1S/C10H25N3Si/c1-4-11-14(12-5-2)13(3)10-8-6-7-9-10/h10-12,14H,4-9H2,1-3H3. The van der Waals surface area contributed by atoms with Gasteiger partial charge in [0.2, 0.25) is 0 Å². The zero-order valence-electron chi connectivity index (χ0n) is 9.84. The van der Waals surface area contributed by atoms with Crippen LogP contribution in [-0.2, 0) is 0 Å². The summed E-state index contributed by atoms with van der Waals surface area (Å²) in [5.74, 6) is 0. The number of rotatable bonds is 6. The predicted molar refractivity (Wildman–Crippen MR) is 64.5 cm³/mol. The average molecular weight is 215 g/mol. The Balaban J connectivity index is 2.39. The highest BCUT2D eigenvalue weighted by Crippen LogP contribution is 2.22. The normalized spacial score (nSPS) is 18.6. The molecule has 0 bridgehead atoms. The van der Waals surface area contributed by atoms with Crippen molar-refractivity contribution in [2.75, 3.05) is 20.1 Å². The third kappa shape index (κ3) is 3.35. The second-order valence-electron chi connectivity index (χ2n) is 4.12. The predicted octanol–water partition coefficient (Wildman–Crippen LogP) is 0.797. The molecule has 1 fully saturated rings. The van der Waals surface area contributed by atoms with E-state index >= 15 is 0 Å². The van der Waals surface area contributed by atoms with Crippen molar-refractivity contribution >= 4 is 9.28 Å². The highest BCUT2D eigenvalue weighted by molar-refractivity contribution is 6.50. The zero-order chi connectivity index (χ0) is 10.4. The Bertz CT molecular complexity index is 142. The lowest BCUT2D eigenvalue weighted by Gasteiger charge is -2.32. The Morgan fingerprint density at radius 2 is 1.64 bits per heavy atom. The van der Waals surface area contributed by atoms with Crippen LogP contribution >= 0.6 is 0 Å². The van der Waals surface area contributed by atoms with Gasteiger partial charge in [-0.25, -0.2) is 0 Å². The molecule has 0 heterocycles. The van der Waals surface area contributed by atoms with Crippen LogP contribution in [0.5, 0.6) is 0 Å². The van der Waals surface area contributed by atoms with E-state index in [1.165, 1.54) is 25.7 Å². The van der Waals surface area contributed by atoms with Crippen LogP contribution in [0.3, 0.4) is 0 Å². The quantitative estimate of drug-likeness (QED) is 0.642. The molecule has 1 aliphatic carbocycles. The summed E-state index contributed by atoms with van der Waals surface area (Å²) in [6, 6.07) is 0.838. The van der Waals surface area contributed by atoms with E-state index in [9.17, 15) is 0 Å². The zero-order valence-corrected chi connectivity index (χ0v) is 11.0. The summed E-state index contributed by atoms with van der Waals surface area (Å²) in [6.45, 7) is 6.56. The van der Waals surface area contributed by atoms with Crippen LogP contribution in [0, 0.1) is 0 Å². The van der Waals surface area contributed by atoms with E-state index in [0.717, 1.165) is 19.1 Å². The highest BCUT2D eigenvalue weighted by Gasteiger charge is 2.25. The minimum absolute atomic E-state index is 0.838. The molecule has 0 aromatic heterocycles. The van der Waals surface area contributed by atoms with Crippen molar-refractivity contribution in [3.05, 3.63) is 0 Å². The Morgan fingerprint density at radius 3 is 2.07 bits per heavy atom. The molecule has 4 heteroatoms. The lowest BCUT2D eigenvalue weighted by atomic mass is 10.3. The molecule has 0 atom stereocenters. The van der Waals surface area contributed by atoms with E-state index in [4.69, 9.17) is 0 Å². The van der Waals surface area contributed by atoms with Crippen LogP contribution in [0.1, 0.15) is 39.5 Å². The maximum absolute atomic E-state index is 3.61. The molecule has 84 valence electrons. The van der Waals surface area contributed by atoms with Crippen molar-refractivity contribution in [2.24, 2.45) is 0 Å². The van der Waals surface area contributed by atoms with Gasteiger partial charge >= 0.3 is 0 Å². The van der Waals surface area contributed by atoms with Crippen LogP contribution in [0.15, 0.2) is 0 Å². The number of nitrogens with one attached hydrogen (secondary N) is 2. The minimum Gasteiger partial charge on any atom is -0.316 e. The molecule has 14 heavy (non-hydrogen) atoms. The fourth-order valence-corrected chi connectivity index (χ4v) is 4.48. The number of hydrogen-bond donors (Lipinski definition) is 2. The van der Waals surface area contributed by atoms with Gasteiger partial charge in [0, 0.05) is 6.04 Å². The molecule has 0 radical (unpaired) electrons. The van der Waals surface area contributed by atoms with Crippen molar-refractivity contribution in [1.82, 2.24) is 14.5 Å². The van der Waals surface area contributed by atoms with E-state index in [2.05, 4.69) is 35.4 Å². The summed E-state index contributed by atoms with van der Waals surface area (Å²) in [6.07, 6.45) is 5.65. The summed E-state index contributed by atoms with van der Waals surface area (Å²) in [5, 5.41) is 0. The molecule has 3 nitrogen and oxygen atoms in total. The molecule has 0 aliphatic heterocycles. The van der Waals surface area contributed by atoms with Gasteiger partial charge in [-0.1, -0.05) is 26.7 Å². The number of nitrogens with zero attached hydrogens (tertiary/aromatic N) is 1. The lowest BCUT2D eigenvalue weighted by Crippen LogP contribution is -2.61. The minimum atomic E-state index is -1.05. The first-order valence-corrected chi connectivity index (χ1v) is 7.65. The summed E-state index contributed by atoms with van der Waals surface area (Å²) in [4.78, 5) is 7.23. The van der Waals surface area contributed by atoms with Crippen LogP contribution in [0.25, 0.3) is 0 Å². The van der Waals surface area contributed by atoms with Gasteiger partial charge in [-0.05, 0) is 33.0 Å². The SMILES string of the molecule is CCN[SiH](NCC)N(C)C1CCCC1. The van der Waals surface area contributed by atoms with Crippen LogP contribution in [0.2, 0.25) is 0 Å². The van der Waals surface area contributed by atoms with E-state index < -0.39 is 9.28 Å². The Kier molecular flexibility index (Phi) is 5.70. The maximum atomic E-state index is 3.61. The topological polar surface area (TPSA) is 27.3 Å². The van der Waals surface area contributed by atoms with Crippen molar-refractivity contribution in [1.29, 1.82) is 0 Å². The van der Waals surface area contributed by atoms with Crippen molar-refractivity contribution in [3.63, 3.8) is 0 Å². The third-order valence-electron chi connectivity index (χ3n) is 3.10. The van der Waals surface area contributed by atoms with Crippen molar-refractivity contribution < 1.29 is 0 Å². The summed E-state index contributed by atoms with van der Waals surface area (Å²) < 4.78 is 2.60. The largest absolute Gasteiger partial charge is 0.316 e. The van der Waals surface area contributed by atoms with Crippen molar-refractivity contribution in [3.8, 4) is 0 Å². The second kappa shape index (κ2) is 6.56. The lowest BCUT2D eigenvalue weighted by molar-refractivity contribution is 0.368. The molecule has 1 saturated carbocycles. The van der Waals surface area contributed by atoms with E-state index in [-0.39, 0.29) is 0 Å². The first-order valence-electron chi connectivity index (χ1n) is 5.98. The Labute approximate surface area is 90.1 Å². The Morgan fingerprint density at radius 1 is 1.14 bits per heavy atom. The van der Waals surface area contributed by atoms with Crippen molar-refractivity contribution in [2.45, 2.75) is 45.6 Å². The molecule has 2 N–H and O–H groups in total. The van der Waals surface area contributed by atoms with Gasteiger partial charge in [0.1, 0.15) is 0 Å². The van der Waals surface area contributed by atoms with Crippen LogP contribution < -0.4 is 9.96 Å². The van der Waals surface area contributed by atoms with E-state index in [0.29, 0.717) is 0 Å². The summed E-state index contributed by atoms with van der Waals surface area (Å²) in [7, 11) is 1.24. The van der Waals surface area contributed by atoms with Gasteiger partial charge in [0.25, 0.3) is 9.28 Å². The average Bonchev–Trinajstić information content (AvgIpc) is 2.69. The molecular formula is C10H25N3Si. The van der Waals surface area contributed by atoms with Gasteiger partial charge in [-0.15, -0.1) is 0 Å². The molecule has 1 rings (SSSR count). The summed E-state index contributed by atoms with van der Waals surface area (Å²) >= 11 is 0. The smallest absolute Gasteiger partial charge is 0.267 e. The molecular weight excluding hydrogens is 190 g/mol. The summed E-state index contributed by atoms with van der Waals surface area (Å²) in [5.41, 5.74) is 0. The second-order valence-corrected chi connectivity index (χ2v) is 6.56. The molecule has 0 aromatic carbocycles. The van der Waals surface area contributed by atoms with E-state index in [1.54, 1.807) is 0 Å². The molecule has 0 aromatic rings. The first-order chi connectivity index (χ1) is 6.79. The molecule has 0 unspecified atom stereocenters. The highest BCUT2D eigenvalue weighted by atomic mass is 28.3. The van der Waals surface area contributed by atoms with Crippen LogP contribution in [-0.4, -0.2) is 40.0 Å². The molecule has 0 amide bonds. The first kappa shape index (κ1) is 12.2. The van der Waals surface area contributed by atoms with Gasteiger partial charge in [0.15, 0.2) is 0 Å². The maximum Gasteiger partial charge on any atom is 0.267 e. The van der Waals surface area contributed by atoms with Gasteiger partial charge < -0.3 is 14.5 Å². The number of hydrogen-bond acceptors (Lipinski definition) is 3. The van der Waals surface area contributed by atoms with Gasteiger partial charge in [-0.2, -0.15) is 0 Å². The molecule has 1 aliphatic rings. The molecule has 0 saturated heterocycles. The fraction of sp³-hybridized carbons (Fsp3) is 1.00. The Hall–Kier alpha value is 0.0969. The van der Waals surface area contributed by atoms with Crippen LogP contribution in [0.4, 0.5) is 0 Å². The fourth-order valence-electron chi connectivity index (χ4n) is 2.27. The van der Waals surface area contributed by atoms with E-state index in [1.807, 2.05) is 0 Å². The monoisotopic (exact) mass is 215 g/mol. The third-order valence-corrected chi connectivity index (χ3v) is 5.93. The van der Waals surface area contributed by atoms with Gasteiger partial charge in [-0.3, -0.25) is 0 Å².